The van der Waals surface area contributed by atoms with Crippen LogP contribution in [0, 0.1) is 18.8 Å². The number of halogens is 3. The molecule has 6 nitrogen and oxygen atoms in total. The van der Waals surface area contributed by atoms with Crippen LogP contribution in [-0.4, -0.2) is 60.8 Å². The molecule has 1 heterocycles. The lowest BCUT2D eigenvalue weighted by molar-refractivity contribution is -0.188. The van der Waals surface area contributed by atoms with Crippen LogP contribution in [0.4, 0.5) is 13.2 Å². The van der Waals surface area contributed by atoms with Crippen molar-refractivity contribution >= 4 is 11.9 Å². The van der Waals surface area contributed by atoms with E-state index < -0.39 is 36.4 Å². The van der Waals surface area contributed by atoms with Gasteiger partial charge in [0, 0.05) is 13.1 Å². The van der Waals surface area contributed by atoms with Gasteiger partial charge in [-0.25, -0.2) is 0 Å². The highest BCUT2D eigenvalue weighted by molar-refractivity contribution is 5.78. The van der Waals surface area contributed by atoms with Gasteiger partial charge in [0.05, 0.1) is 24.9 Å². The summed E-state index contributed by atoms with van der Waals surface area (Å²) in [4.78, 5) is 24.1. The number of carbonyl (C=O) groups excluding carboxylic acids is 1. The maximum Gasteiger partial charge on any atom is 0.393 e. The van der Waals surface area contributed by atoms with Gasteiger partial charge in [-0.05, 0) is 24.6 Å². The van der Waals surface area contributed by atoms with E-state index >= 15 is 0 Å². The Kier molecular flexibility index (Phi) is 6.47. The largest absolute Gasteiger partial charge is 0.492 e. The van der Waals surface area contributed by atoms with Gasteiger partial charge in [-0.2, -0.15) is 13.2 Å². The number of hydrogen-bond donors (Lipinski definition) is 2. The number of alkyl halides is 3. The van der Waals surface area contributed by atoms with Crippen molar-refractivity contribution in [2.45, 2.75) is 13.1 Å². The number of likely N-dealkylation sites (tertiary alicyclic amines) is 1. The fourth-order valence-electron chi connectivity index (χ4n) is 2.92. The third kappa shape index (κ3) is 5.62. The summed E-state index contributed by atoms with van der Waals surface area (Å²) in [5.41, 5.74) is 1.03. The lowest BCUT2D eigenvalue weighted by Crippen LogP contribution is -2.38. The molecule has 1 aliphatic heterocycles. The molecule has 0 saturated carbocycles. The lowest BCUT2D eigenvalue weighted by atomic mass is 9.96. The summed E-state index contributed by atoms with van der Waals surface area (Å²) >= 11 is 0. The van der Waals surface area contributed by atoms with E-state index in [0.717, 1.165) is 5.56 Å². The first-order valence-electron chi connectivity index (χ1n) is 8.15. The first-order valence-corrected chi connectivity index (χ1v) is 8.15. The molecule has 2 atom stereocenters. The molecule has 1 amide bonds. The average Bonchev–Trinajstić information content (AvgIpc) is 2.96. The molecule has 1 saturated heterocycles. The van der Waals surface area contributed by atoms with Crippen LogP contribution < -0.4 is 10.1 Å². The molecule has 0 unspecified atom stereocenters. The zero-order chi connectivity index (χ0) is 19.3. The number of hydrogen-bond acceptors (Lipinski definition) is 4. The van der Waals surface area contributed by atoms with Gasteiger partial charge in [-0.1, -0.05) is 12.1 Å². The number of amides is 1. The van der Waals surface area contributed by atoms with Crippen LogP contribution in [0.15, 0.2) is 24.3 Å². The Balaban J connectivity index is 1.75. The topological polar surface area (TPSA) is 78.9 Å². The van der Waals surface area contributed by atoms with Crippen molar-refractivity contribution < 1.29 is 32.6 Å². The lowest BCUT2D eigenvalue weighted by Gasteiger charge is -2.18. The number of carbonyl (C=O) groups is 2. The van der Waals surface area contributed by atoms with Crippen molar-refractivity contribution in [1.82, 2.24) is 10.2 Å². The van der Waals surface area contributed by atoms with E-state index in [0.29, 0.717) is 5.75 Å². The Hall–Kier alpha value is -2.29. The van der Waals surface area contributed by atoms with E-state index in [4.69, 9.17) is 9.84 Å². The van der Waals surface area contributed by atoms with Crippen LogP contribution in [0.5, 0.6) is 5.75 Å². The quantitative estimate of drug-likeness (QED) is 0.710. The molecule has 2 rings (SSSR count). The Morgan fingerprint density at radius 2 is 2.08 bits per heavy atom. The third-order valence-electron chi connectivity index (χ3n) is 4.18. The smallest absolute Gasteiger partial charge is 0.393 e. The molecule has 0 bridgehead atoms. The van der Waals surface area contributed by atoms with Crippen molar-refractivity contribution in [3.63, 3.8) is 0 Å². The van der Waals surface area contributed by atoms with E-state index in [1.165, 1.54) is 4.90 Å². The van der Waals surface area contributed by atoms with Crippen LogP contribution in [0.25, 0.3) is 0 Å². The number of nitrogens with zero attached hydrogens (tertiary/aromatic N) is 1. The van der Waals surface area contributed by atoms with Gasteiger partial charge < -0.3 is 15.2 Å². The summed E-state index contributed by atoms with van der Waals surface area (Å²) in [6.45, 7) is 1.27. The standard InChI is InChI=1S/C17H21F3N2O4/c1-11-3-2-4-12(7-11)26-6-5-21-15(23)10-22-8-13(16(24)25)14(9-22)17(18,19)20/h2-4,7,13-14H,5-6,8-10H2,1H3,(H,21,23)(H,24,25)/t13-,14-/m1/s1. The minimum atomic E-state index is -4.60. The molecule has 26 heavy (non-hydrogen) atoms. The van der Waals surface area contributed by atoms with E-state index in [9.17, 15) is 22.8 Å². The number of ether oxygens (including phenoxy) is 1. The Labute approximate surface area is 148 Å². The molecule has 0 radical (unpaired) electrons. The maximum atomic E-state index is 12.9. The minimum absolute atomic E-state index is 0.200. The van der Waals surface area contributed by atoms with Gasteiger partial charge in [-0.15, -0.1) is 0 Å². The van der Waals surface area contributed by atoms with Crippen molar-refractivity contribution in [2.75, 3.05) is 32.8 Å². The summed E-state index contributed by atoms with van der Waals surface area (Å²) in [7, 11) is 0. The number of benzene rings is 1. The summed E-state index contributed by atoms with van der Waals surface area (Å²) in [5.74, 6) is -4.81. The van der Waals surface area contributed by atoms with Crippen molar-refractivity contribution in [2.24, 2.45) is 11.8 Å². The number of carboxylic acids is 1. The molecule has 2 N–H and O–H groups in total. The molecule has 1 aliphatic rings. The number of aliphatic carboxylic acids is 1. The predicted octanol–water partition coefficient (Wildman–Crippen LogP) is 1.68. The molecule has 1 aromatic carbocycles. The van der Waals surface area contributed by atoms with Gasteiger partial charge in [0.1, 0.15) is 12.4 Å². The first kappa shape index (κ1) is 20.0. The van der Waals surface area contributed by atoms with Crippen LogP contribution in [-0.2, 0) is 9.59 Å². The highest BCUT2D eigenvalue weighted by Gasteiger charge is 2.52. The van der Waals surface area contributed by atoms with E-state index in [1.807, 2.05) is 25.1 Å². The van der Waals surface area contributed by atoms with Crippen LogP contribution in [0.1, 0.15) is 5.56 Å². The first-order chi connectivity index (χ1) is 12.2. The van der Waals surface area contributed by atoms with E-state index in [-0.39, 0.29) is 26.2 Å². The number of aryl methyl sites for hydroxylation is 1. The molecule has 1 aromatic rings. The third-order valence-corrected chi connectivity index (χ3v) is 4.18. The van der Waals surface area contributed by atoms with E-state index in [1.54, 1.807) is 6.07 Å². The zero-order valence-corrected chi connectivity index (χ0v) is 14.3. The molecule has 144 valence electrons. The minimum Gasteiger partial charge on any atom is -0.492 e. The summed E-state index contributed by atoms with van der Waals surface area (Å²) < 4.78 is 44.2. The maximum absolute atomic E-state index is 12.9. The number of carboxylic acid groups (broad SMARTS) is 1. The summed E-state index contributed by atoms with van der Waals surface area (Å²) in [6, 6.07) is 7.38. The predicted molar refractivity (Wildman–Crippen MR) is 86.8 cm³/mol. The monoisotopic (exact) mass is 374 g/mol. The van der Waals surface area contributed by atoms with Crippen molar-refractivity contribution in [1.29, 1.82) is 0 Å². The Bertz CT molecular complexity index is 651. The second-order valence-electron chi connectivity index (χ2n) is 6.30. The highest BCUT2D eigenvalue weighted by atomic mass is 19.4. The van der Waals surface area contributed by atoms with Gasteiger partial charge in [0.15, 0.2) is 0 Å². The summed E-state index contributed by atoms with van der Waals surface area (Å²) in [6.07, 6.45) is -4.60. The van der Waals surface area contributed by atoms with Gasteiger partial charge in [-0.3, -0.25) is 14.5 Å². The Morgan fingerprint density at radius 3 is 2.65 bits per heavy atom. The fourth-order valence-corrected chi connectivity index (χ4v) is 2.92. The normalized spacial score (nSPS) is 20.8. The second-order valence-corrected chi connectivity index (χ2v) is 6.30. The van der Waals surface area contributed by atoms with Crippen LogP contribution in [0.2, 0.25) is 0 Å². The molecular weight excluding hydrogens is 353 g/mol. The molecule has 0 spiro atoms. The van der Waals surface area contributed by atoms with Crippen molar-refractivity contribution in [3.05, 3.63) is 29.8 Å². The Morgan fingerprint density at radius 1 is 1.35 bits per heavy atom. The number of rotatable bonds is 7. The van der Waals surface area contributed by atoms with Crippen LogP contribution in [0.3, 0.4) is 0 Å². The highest BCUT2D eigenvalue weighted by Crippen LogP contribution is 2.37. The fraction of sp³-hybridized carbons (Fsp3) is 0.529. The van der Waals surface area contributed by atoms with Gasteiger partial charge in [0.2, 0.25) is 5.91 Å². The van der Waals surface area contributed by atoms with Gasteiger partial charge >= 0.3 is 12.1 Å². The molecule has 9 heteroatoms. The zero-order valence-electron chi connectivity index (χ0n) is 14.3. The molecule has 1 fully saturated rings. The second kappa shape index (κ2) is 8.39. The SMILES string of the molecule is Cc1cccc(OCCNC(=O)CN2C[C@@H](C(F)(F)F)[C@H](C(=O)O)C2)c1. The van der Waals surface area contributed by atoms with E-state index in [2.05, 4.69) is 5.32 Å². The molecule has 0 aliphatic carbocycles. The average molecular weight is 374 g/mol. The van der Waals surface area contributed by atoms with Crippen LogP contribution >= 0.6 is 0 Å². The van der Waals surface area contributed by atoms with Gasteiger partial charge in [0.25, 0.3) is 0 Å². The summed E-state index contributed by atoms with van der Waals surface area (Å²) in [5, 5.41) is 11.5. The number of nitrogens with one attached hydrogen (secondary N) is 1. The molecular formula is C17H21F3N2O4. The van der Waals surface area contributed by atoms with Crippen molar-refractivity contribution in [3.8, 4) is 5.75 Å². The molecule has 0 aromatic heterocycles.